The molecule has 0 N–H and O–H groups in total. The Morgan fingerprint density at radius 3 is 2.00 bits per heavy atom. The van der Waals surface area contributed by atoms with Crippen LogP contribution in [-0.4, -0.2) is 6.61 Å². The van der Waals surface area contributed by atoms with Gasteiger partial charge in [0.2, 0.25) is 0 Å². The van der Waals surface area contributed by atoms with Crippen molar-refractivity contribution in [3.05, 3.63) is 64.1 Å². The van der Waals surface area contributed by atoms with E-state index in [9.17, 15) is 0 Å². The number of benzene rings is 2. The van der Waals surface area contributed by atoms with Gasteiger partial charge < -0.3 is 9.47 Å². The summed E-state index contributed by atoms with van der Waals surface area (Å²) >= 11 is 18.3. The lowest BCUT2D eigenvalue weighted by Crippen LogP contribution is -1.99. The van der Waals surface area contributed by atoms with Crippen LogP contribution in [0.15, 0.2) is 49.1 Å². The van der Waals surface area contributed by atoms with Crippen molar-refractivity contribution in [2.75, 3.05) is 6.61 Å². The van der Waals surface area contributed by atoms with Crippen LogP contribution in [-0.2, 0) is 0 Å². The molecule has 2 nitrogen and oxygen atoms in total. The molecule has 0 aromatic heterocycles. The summed E-state index contributed by atoms with van der Waals surface area (Å²) in [5.74, 6) is 1.72. The Kier molecular flexibility index (Phi) is 10.6. The number of allylic oxidation sites excluding steroid dienone is 1. The van der Waals surface area contributed by atoms with Gasteiger partial charge in [0.25, 0.3) is 0 Å². The predicted molar refractivity (Wildman–Crippen MR) is 121 cm³/mol. The topological polar surface area (TPSA) is 18.5 Å². The van der Waals surface area contributed by atoms with Crippen LogP contribution in [0.3, 0.4) is 0 Å². The van der Waals surface area contributed by atoms with E-state index < -0.39 is 0 Å². The lowest BCUT2D eigenvalue weighted by molar-refractivity contribution is 0.291. The molecule has 5 heteroatoms. The summed E-state index contributed by atoms with van der Waals surface area (Å²) in [6.45, 7) is 4.38. The van der Waals surface area contributed by atoms with E-state index in [-0.39, 0.29) is 0 Å². The molecule has 0 amide bonds. The number of unbranched alkanes of at least 4 members (excludes halogenated alkanes) is 7. The van der Waals surface area contributed by atoms with Gasteiger partial charge in [-0.3, -0.25) is 0 Å². The quantitative estimate of drug-likeness (QED) is 0.228. The van der Waals surface area contributed by atoms with Crippen molar-refractivity contribution in [3.8, 4) is 17.2 Å². The summed E-state index contributed by atoms with van der Waals surface area (Å²) in [6.07, 6.45) is 11.6. The second kappa shape index (κ2) is 13.0. The fourth-order valence-electron chi connectivity index (χ4n) is 2.81. The third kappa shape index (κ3) is 8.34. The summed E-state index contributed by atoms with van der Waals surface area (Å²) in [5.41, 5.74) is 0. The van der Waals surface area contributed by atoms with Crippen LogP contribution in [0.2, 0.25) is 15.1 Å². The van der Waals surface area contributed by atoms with Crippen molar-refractivity contribution < 1.29 is 9.47 Å². The summed E-state index contributed by atoms with van der Waals surface area (Å²) < 4.78 is 11.8. The van der Waals surface area contributed by atoms with E-state index in [2.05, 4.69) is 6.58 Å². The Labute approximate surface area is 183 Å². The first-order valence-electron chi connectivity index (χ1n) is 9.76. The van der Waals surface area contributed by atoms with Gasteiger partial charge in [-0.1, -0.05) is 73.0 Å². The molecule has 2 aromatic carbocycles. The van der Waals surface area contributed by atoms with Crippen LogP contribution in [0.25, 0.3) is 0 Å². The van der Waals surface area contributed by atoms with E-state index in [1.54, 1.807) is 36.4 Å². The summed E-state index contributed by atoms with van der Waals surface area (Å²) in [6, 6.07) is 10.4. The molecular formula is C23H27Cl3O2. The largest absolute Gasteiger partial charge is 0.490 e. The molecular weight excluding hydrogens is 415 g/mol. The first-order valence-corrected chi connectivity index (χ1v) is 10.9. The van der Waals surface area contributed by atoms with Crippen LogP contribution in [0.5, 0.6) is 17.2 Å². The Bertz CT molecular complexity index is 747. The first-order chi connectivity index (χ1) is 13.6. The van der Waals surface area contributed by atoms with Crippen LogP contribution in [0.1, 0.15) is 51.4 Å². The number of halogens is 3. The van der Waals surface area contributed by atoms with E-state index in [0.29, 0.717) is 38.9 Å². The lowest BCUT2D eigenvalue weighted by Gasteiger charge is -2.14. The summed E-state index contributed by atoms with van der Waals surface area (Å²) in [7, 11) is 0. The molecule has 2 rings (SSSR count). The highest BCUT2D eigenvalue weighted by atomic mass is 35.5. The van der Waals surface area contributed by atoms with Crippen molar-refractivity contribution in [2.45, 2.75) is 51.4 Å². The molecule has 0 heterocycles. The molecule has 0 radical (unpaired) electrons. The maximum atomic E-state index is 6.20. The van der Waals surface area contributed by atoms with Crippen molar-refractivity contribution in [3.63, 3.8) is 0 Å². The zero-order chi connectivity index (χ0) is 20.2. The average Bonchev–Trinajstić information content (AvgIpc) is 2.67. The molecule has 0 unspecified atom stereocenters. The Morgan fingerprint density at radius 1 is 0.714 bits per heavy atom. The van der Waals surface area contributed by atoms with Gasteiger partial charge in [-0.05, 0) is 49.6 Å². The van der Waals surface area contributed by atoms with E-state index in [0.717, 1.165) is 19.3 Å². The molecule has 28 heavy (non-hydrogen) atoms. The highest BCUT2D eigenvalue weighted by Crippen LogP contribution is 2.37. The number of hydrogen-bond donors (Lipinski definition) is 0. The fourth-order valence-corrected chi connectivity index (χ4v) is 3.42. The predicted octanol–water partition coefficient (Wildman–Crippen LogP) is 9.12. The first kappa shape index (κ1) is 22.9. The minimum atomic E-state index is 0.446. The van der Waals surface area contributed by atoms with Crippen LogP contribution >= 0.6 is 34.8 Å². The SMILES string of the molecule is C=CCCCCCCCCCOc1cc(Cl)ccc1Oc1ccc(Cl)cc1Cl. The molecule has 0 spiro atoms. The molecule has 0 saturated heterocycles. The number of hydrogen-bond acceptors (Lipinski definition) is 2. The molecule has 0 aliphatic rings. The van der Waals surface area contributed by atoms with Gasteiger partial charge in [0, 0.05) is 16.1 Å². The highest BCUT2D eigenvalue weighted by molar-refractivity contribution is 6.35. The van der Waals surface area contributed by atoms with Gasteiger partial charge in [0.1, 0.15) is 5.75 Å². The van der Waals surface area contributed by atoms with Gasteiger partial charge in [-0.15, -0.1) is 6.58 Å². The minimum absolute atomic E-state index is 0.446. The van der Waals surface area contributed by atoms with Gasteiger partial charge in [-0.25, -0.2) is 0 Å². The Balaban J connectivity index is 1.78. The Hall–Kier alpha value is -1.35. The van der Waals surface area contributed by atoms with E-state index in [1.165, 1.54) is 32.1 Å². The van der Waals surface area contributed by atoms with Gasteiger partial charge in [0.15, 0.2) is 11.5 Å². The van der Waals surface area contributed by atoms with E-state index in [1.807, 2.05) is 6.08 Å². The maximum Gasteiger partial charge on any atom is 0.169 e. The second-order valence-corrected chi connectivity index (χ2v) is 7.95. The van der Waals surface area contributed by atoms with Crippen molar-refractivity contribution in [1.29, 1.82) is 0 Å². The van der Waals surface area contributed by atoms with Gasteiger partial charge in [-0.2, -0.15) is 0 Å². The minimum Gasteiger partial charge on any atom is -0.490 e. The molecule has 0 bridgehead atoms. The monoisotopic (exact) mass is 440 g/mol. The third-order valence-corrected chi connectivity index (χ3v) is 5.10. The third-order valence-electron chi connectivity index (χ3n) is 4.33. The maximum absolute atomic E-state index is 6.20. The Morgan fingerprint density at radius 2 is 1.32 bits per heavy atom. The molecule has 152 valence electrons. The lowest BCUT2D eigenvalue weighted by atomic mass is 10.1. The van der Waals surface area contributed by atoms with E-state index in [4.69, 9.17) is 44.3 Å². The molecule has 0 aliphatic carbocycles. The van der Waals surface area contributed by atoms with Crippen LogP contribution in [0, 0.1) is 0 Å². The van der Waals surface area contributed by atoms with Crippen molar-refractivity contribution >= 4 is 34.8 Å². The van der Waals surface area contributed by atoms with Crippen LogP contribution < -0.4 is 9.47 Å². The normalized spacial score (nSPS) is 10.7. The average molecular weight is 442 g/mol. The molecule has 2 aromatic rings. The van der Waals surface area contributed by atoms with Gasteiger partial charge in [0.05, 0.1) is 11.6 Å². The summed E-state index contributed by atoms with van der Waals surface area (Å²) in [4.78, 5) is 0. The molecule has 0 atom stereocenters. The molecule has 0 fully saturated rings. The summed E-state index contributed by atoms with van der Waals surface area (Å²) in [5, 5.41) is 1.61. The van der Waals surface area contributed by atoms with Crippen LogP contribution in [0.4, 0.5) is 0 Å². The molecule has 0 saturated carbocycles. The molecule has 0 aliphatic heterocycles. The zero-order valence-corrected chi connectivity index (χ0v) is 18.3. The van der Waals surface area contributed by atoms with Crippen molar-refractivity contribution in [1.82, 2.24) is 0 Å². The van der Waals surface area contributed by atoms with Gasteiger partial charge >= 0.3 is 0 Å². The van der Waals surface area contributed by atoms with Crippen molar-refractivity contribution in [2.24, 2.45) is 0 Å². The van der Waals surface area contributed by atoms with E-state index >= 15 is 0 Å². The highest BCUT2D eigenvalue weighted by Gasteiger charge is 2.10. The fraction of sp³-hybridized carbons (Fsp3) is 0.391. The smallest absolute Gasteiger partial charge is 0.169 e. The number of ether oxygens (including phenoxy) is 2. The second-order valence-electron chi connectivity index (χ2n) is 6.67. The zero-order valence-electron chi connectivity index (χ0n) is 16.1. The standard InChI is InChI=1S/C23H27Cl3O2/c1-2-3-4-5-6-7-8-9-10-15-27-23-17-19(25)12-14-22(23)28-21-13-11-18(24)16-20(21)26/h2,11-14,16-17H,1,3-10,15H2. The number of rotatable bonds is 13.